The minimum absolute atomic E-state index is 0.446. The number of rotatable bonds is 9. The van der Waals surface area contributed by atoms with Crippen LogP contribution in [0.15, 0.2) is 140 Å². The SMILES string of the molecule is CCCCCCCCC.c1ccc(P(c2ccccc2)c2ccccc2)cc1.c1ccc2ccccc2c1. The summed E-state index contributed by atoms with van der Waals surface area (Å²) in [5.41, 5.74) is 0. The van der Waals surface area contributed by atoms with E-state index in [1.165, 1.54) is 71.6 Å². The van der Waals surface area contributed by atoms with Crippen molar-refractivity contribution in [2.45, 2.75) is 58.8 Å². The first kappa shape index (κ1) is 29.3. The lowest BCUT2D eigenvalue weighted by atomic mass is 10.1. The predicted octanol–water partition coefficient (Wildman–Crippen LogP) is 10.0. The molecule has 196 valence electrons. The second kappa shape index (κ2) is 18.1. The van der Waals surface area contributed by atoms with E-state index in [4.69, 9.17) is 0 Å². The molecule has 0 atom stereocenters. The van der Waals surface area contributed by atoms with Gasteiger partial charge in [-0.1, -0.05) is 198 Å². The third-order valence-electron chi connectivity index (χ3n) is 6.41. The molecule has 5 aromatic carbocycles. The van der Waals surface area contributed by atoms with E-state index < -0.39 is 7.92 Å². The zero-order chi connectivity index (χ0) is 26.7. The maximum Gasteiger partial charge on any atom is -0.0134 e. The molecule has 0 aliphatic rings. The molecule has 0 aliphatic heterocycles. The van der Waals surface area contributed by atoms with Gasteiger partial charge in [0.05, 0.1) is 0 Å². The third kappa shape index (κ3) is 10.3. The second-order valence-corrected chi connectivity index (χ2v) is 11.7. The van der Waals surface area contributed by atoms with Gasteiger partial charge in [0.25, 0.3) is 0 Å². The van der Waals surface area contributed by atoms with Crippen LogP contribution in [-0.2, 0) is 0 Å². The summed E-state index contributed by atoms with van der Waals surface area (Å²) < 4.78 is 0. The van der Waals surface area contributed by atoms with Crippen LogP contribution in [0.25, 0.3) is 10.8 Å². The quantitative estimate of drug-likeness (QED) is 0.134. The Balaban J connectivity index is 0.000000177. The summed E-state index contributed by atoms with van der Waals surface area (Å²) in [5.74, 6) is 0. The zero-order valence-corrected chi connectivity index (χ0v) is 24.1. The van der Waals surface area contributed by atoms with E-state index in [1.54, 1.807) is 0 Å². The molecule has 0 spiro atoms. The summed E-state index contributed by atoms with van der Waals surface area (Å²) in [5, 5.41) is 6.81. The number of fused-ring (bicyclic) bond motifs is 1. The van der Waals surface area contributed by atoms with Crippen molar-refractivity contribution in [2.24, 2.45) is 0 Å². The highest BCUT2D eigenvalue weighted by molar-refractivity contribution is 7.79. The van der Waals surface area contributed by atoms with E-state index in [0.29, 0.717) is 0 Å². The highest BCUT2D eigenvalue weighted by Gasteiger charge is 2.14. The van der Waals surface area contributed by atoms with Crippen LogP contribution < -0.4 is 15.9 Å². The molecule has 0 N–H and O–H groups in total. The fraction of sp³-hybridized carbons (Fsp3) is 0.243. The average molecular weight is 519 g/mol. The van der Waals surface area contributed by atoms with Gasteiger partial charge in [0.2, 0.25) is 0 Å². The normalized spacial score (nSPS) is 10.3. The molecule has 38 heavy (non-hydrogen) atoms. The number of hydrogen-bond acceptors (Lipinski definition) is 0. The van der Waals surface area contributed by atoms with Crippen LogP contribution in [0.5, 0.6) is 0 Å². The van der Waals surface area contributed by atoms with Gasteiger partial charge in [0.1, 0.15) is 0 Å². The van der Waals surface area contributed by atoms with Gasteiger partial charge >= 0.3 is 0 Å². The fourth-order valence-electron chi connectivity index (χ4n) is 4.34. The van der Waals surface area contributed by atoms with E-state index in [-0.39, 0.29) is 0 Å². The van der Waals surface area contributed by atoms with Gasteiger partial charge in [0, 0.05) is 0 Å². The summed E-state index contributed by atoms with van der Waals surface area (Å²) in [6, 6.07) is 49.0. The molecule has 0 saturated heterocycles. The average Bonchev–Trinajstić information content (AvgIpc) is 3.00. The molecule has 0 nitrogen and oxygen atoms in total. The maximum atomic E-state index is 2.26. The molecule has 0 amide bonds. The van der Waals surface area contributed by atoms with Crippen molar-refractivity contribution in [3.05, 3.63) is 140 Å². The second-order valence-electron chi connectivity index (χ2n) is 9.46. The summed E-state index contributed by atoms with van der Waals surface area (Å²) >= 11 is 0. The van der Waals surface area contributed by atoms with Gasteiger partial charge in [0.15, 0.2) is 0 Å². The van der Waals surface area contributed by atoms with Gasteiger partial charge in [-0.2, -0.15) is 0 Å². The Morgan fingerprint density at radius 1 is 0.342 bits per heavy atom. The van der Waals surface area contributed by atoms with Crippen molar-refractivity contribution in [1.29, 1.82) is 0 Å². The molecule has 1 heteroatoms. The first-order chi connectivity index (χ1) is 18.8. The molecule has 0 radical (unpaired) electrons. The minimum Gasteiger partial charge on any atom is -0.0654 e. The molecule has 0 fully saturated rings. The van der Waals surface area contributed by atoms with Gasteiger partial charge in [-0.25, -0.2) is 0 Å². The summed E-state index contributed by atoms with van der Waals surface area (Å²) in [6.07, 6.45) is 9.97. The fourth-order valence-corrected chi connectivity index (χ4v) is 6.65. The Labute approximate surface area is 232 Å². The van der Waals surface area contributed by atoms with Crippen LogP contribution in [0.4, 0.5) is 0 Å². The van der Waals surface area contributed by atoms with E-state index in [0.717, 1.165) is 0 Å². The van der Waals surface area contributed by atoms with E-state index in [9.17, 15) is 0 Å². The maximum absolute atomic E-state index is 2.26. The zero-order valence-electron chi connectivity index (χ0n) is 23.2. The van der Waals surface area contributed by atoms with Crippen LogP contribution >= 0.6 is 7.92 Å². The predicted molar refractivity (Wildman–Crippen MR) is 173 cm³/mol. The Morgan fingerprint density at radius 2 is 0.605 bits per heavy atom. The Kier molecular flexibility index (Phi) is 14.0. The van der Waals surface area contributed by atoms with Gasteiger partial charge < -0.3 is 0 Å². The number of benzene rings is 5. The largest absolute Gasteiger partial charge is 0.0654 e. The third-order valence-corrected chi connectivity index (χ3v) is 8.85. The summed E-state index contributed by atoms with van der Waals surface area (Å²) in [7, 11) is -0.446. The summed E-state index contributed by atoms with van der Waals surface area (Å²) in [4.78, 5) is 0. The molecule has 5 rings (SSSR count). The van der Waals surface area contributed by atoms with Crippen LogP contribution in [0, 0.1) is 0 Å². The molecule has 0 aliphatic carbocycles. The van der Waals surface area contributed by atoms with Crippen LogP contribution in [0.2, 0.25) is 0 Å². The van der Waals surface area contributed by atoms with Gasteiger partial charge in [-0.3, -0.25) is 0 Å². The van der Waals surface area contributed by atoms with Crippen molar-refractivity contribution >= 4 is 34.6 Å². The number of unbranched alkanes of at least 4 members (excludes halogenated alkanes) is 6. The standard InChI is InChI=1S/C18H15P.C10H8.C9H20/c1-4-10-16(11-5-1)19(17-12-6-2-7-13-17)18-14-8-3-9-15-18;1-2-6-10-8-4-3-7-9(10)5-1;1-3-5-7-9-8-6-4-2/h1-15H;1-8H;3-9H2,1-2H3. The molecular formula is C37H43P. The van der Waals surface area contributed by atoms with E-state index in [1.807, 2.05) is 0 Å². The summed E-state index contributed by atoms with van der Waals surface area (Å²) in [6.45, 7) is 4.53. The highest BCUT2D eigenvalue weighted by atomic mass is 31.1. The Bertz CT molecular complexity index is 1080. The molecule has 5 aromatic rings. The van der Waals surface area contributed by atoms with Crippen molar-refractivity contribution in [1.82, 2.24) is 0 Å². The van der Waals surface area contributed by atoms with Crippen molar-refractivity contribution in [2.75, 3.05) is 0 Å². The van der Waals surface area contributed by atoms with E-state index in [2.05, 4.69) is 153 Å². The molecule has 0 aromatic heterocycles. The van der Waals surface area contributed by atoms with Gasteiger partial charge in [-0.15, -0.1) is 0 Å². The molecular weight excluding hydrogens is 475 g/mol. The van der Waals surface area contributed by atoms with E-state index >= 15 is 0 Å². The van der Waals surface area contributed by atoms with Crippen molar-refractivity contribution in [3.8, 4) is 0 Å². The lowest BCUT2D eigenvalue weighted by Gasteiger charge is -2.18. The molecule has 0 heterocycles. The first-order valence-corrected chi connectivity index (χ1v) is 15.6. The monoisotopic (exact) mass is 518 g/mol. The lowest BCUT2D eigenvalue weighted by molar-refractivity contribution is 0.602. The number of hydrogen-bond donors (Lipinski definition) is 0. The van der Waals surface area contributed by atoms with Crippen LogP contribution in [0.1, 0.15) is 58.8 Å². The minimum atomic E-state index is -0.446. The Morgan fingerprint density at radius 3 is 0.895 bits per heavy atom. The van der Waals surface area contributed by atoms with Crippen LogP contribution in [0.3, 0.4) is 0 Å². The van der Waals surface area contributed by atoms with Crippen molar-refractivity contribution in [3.63, 3.8) is 0 Å². The lowest BCUT2D eigenvalue weighted by Crippen LogP contribution is -2.20. The van der Waals surface area contributed by atoms with Crippen molar-refractivity contribution < 1.29 is 0 Å². The van der Waals surface area contributed by atoms with Crippen LogP contribution in [-0.4, -0.2) is 0 Å². The smallest absolute Gasteiger partial charge is 0.0134 e. The molecule has 0 bridgehead atoms. The van der Waals surface area contributed by atoms with Gasteiger partial charge in [-0.05, 0) is 34.6 Å². The highest BCUT2D eigenvalue weighted by Crippen LogP contribution is 2.32. The Hall–Kier alpha value is -3.21. The molecule has 0 saturated carbocycles. The topological polar surface area (TPSA) is 0 Å². The molecule has 0 unspecified atom stereocenters. The first-order valence-electron chi connectivity index (χ1n) is 14.2.